The van der Waals surface area contributed by atoms with Crippen LogP contribution in [0.25, 0.3) is 10.8 Å². The standard InChI is InChI=1S/C13H14N2O3/c1-15-13(16)12-3-2-10(6-9(12)7-14-15)18-11-4-5-17-8-11/h2-3,6-7,11H,4-5,8H2,1H3/t11-/m0/s1. The number of aryl methyl sites for hydroxylation is 1. The molecule has 5 nitrogen and oxygen atoms in total. The molecule has 5 heteroatoms. The molecule has 0 spiro atoms. The Kier molecular flexibility index (Phi) is 2.76. The van der Waals surface area contributed by atoms with E-state index in [1.54, 1.807) is 19.3 Å². The van der Waals surface area contributed by atoms with E-state index >= 15 is 0 Å². The van der Waals surface area contributed by atoms with Gasteiger partial charge in [-0.3, -0.25) is 4.79 Å². The summed E-state index contributed by atoms with van der Waals surface area (Å²) in [6.45, 7) is 1.38. The molecule has 0 radical (unpaired) electrons. The highest BCUT2D eigenvalue weighted by molar-refractivity contribution is 5.82. The van der Waals surface area contributed by atoms with Crippen molar-refractivity contribution in [3.05, 3.63) is 34.7 Å². The van der Waals surface area contributed by atoms with Gasteiger partial charge in [0.25, 0.3) is 5.56 Å². The van der Waals surface area contributed by atoms with Gasteiger partial charge in [0.2, 0.25) is 0 Å². The molecule has 1 aromatic carbocycles. The maximum absolute atomic E-state index is 11.8. The van der Waals surface area contributed by atoms with E-state index in [2.05, 4.69) is 5.10 Å². The van der Waals surface area contributed by atoms with Gasteiger partial charge in [0.1, 0.15) is 11.9 Å². The Bertz CT molecular complexity index is 630. The van der Waals surface area contributed by atoms with Gasteiger partial charge in [-0.05, 0) is 18.2 Å². The van der Waals surface area contributed by atoms with Crippen LogP contribution < -0.4 is 10.3 Å². The van der Waals surface area contributed by atoms with Crippen LogP contribution >= 0.6 is 0 Å². The third-order valence-corrected chi connectivity index (χ3v) is 3.11. The quantitative estimate of drug-likeness (QED) is 0.796. The summed E-state index contributed by atoms with van der Waals surface area (Å²) < 4.78 is 12.4. The van der Waals surface area contributed by atoms with E-state index in [9.17, 15) is 4.79 Å². The van der Waals surface area contributed by atoms with Gasteiger partial charge in [0.05, 0.1) is 24.8 Å². The first kappa shape index (κ1) is 11.2. The van der Waals surface area contributed by atoms with Crippen molar-refractivity contribution in [2.75, 3.05) is 13.2 Å². The van der Waals surface area contributed by atoms with Crippen LogP contribution in [0.15, 0.2) is 29.2 Å². The molecule has 2 heterocycles. The Hall–Kier alpha value is -1.88. The van der Waals surface area contributed by atoms with Crippen molar-refractivity contribution < 1.29 is 9.47 Å². The summed E-state index contributed by atoms with van der Waals surface area (Å²) in [6, 6.07) is 5.45. The Morgan fingerprint density at radius 2 is 2.39 bits per heavy atom. The molecule has 0 amide bonds. The maximum Gasteiger partial charge on any atom is 0.274 e. The molecule has 18 heavy (non-hydrogen) atoms. The fraction of sp³-hybridized carbons (Fsp3) is 0.385. The SMILES string of the molecule is Cn1ncc2cc(O[C@H]3CCOC3)ccc2c1=O. The number of rotatable bonds is 2. The van der Waals surface area contributed by atoms with Crippen LogP contribution in [0.5, 0.6) is 5.75 Å². The predicted octanol–water partition coefficient (Wildman–Crippen LogP) is 1.10. The van der Waals surface area contributed by atoms with E-state index in [0.717, 1.165) is 24.2 Å². The molecule has 3 rings (SSSR count). The monoisotopic (exact) mass is 246 g/mol. The van der Waals surface area contributed by atoms with Crippen LogP contribution in [-0.4, -0.2) is 29.1 Å². The molecule has 0 bridgehead atoms. The summed E-state index contributed by atoms with van der Waals surface area (Å²) in [7, 11) is 1.64. The smallest absolute Gasteiger partial charge is 0.274 e. The molecule has 1 aliphatic rings. The second kappa shape index (κ2) is 4.42. The predicted molar refractivity (Wildman–Crippen MR) is 66.8 cm³/mol. The lowest BCUT2D eigenvalue weighted by Gasteiger charge is -2.12. The van der Waals surface area contributed by atoms with Gasteiger partial charge in [-0.1, -0.05) is 0 Å². The number of nitrogens with zero attached hydrogens (tertiary/aromatic N) is 2. The van der Waals surface area contributed by atoms with E-state index in [-0.39, 0.29) is 11.7 Å². The number of ether oxygens (including phenoxy) is 2. The highest BCUT2D eigenvalue weighted by Gasteiger charge is 2.17. The number of fused-ring (bicyclic) bond motifs is 1. The molecule has 94 valence electrons. The molecular formula is C13H14N2O3. The summed E-state index contributed by atoms with van der Waals surface area (Å²) in [5.74, 6) is 0.757. The highest BCUT2D eigenvalue weighted by Crippen LogP contribution is 2.20. The van der Waals surface area contributed by atoms with E-state index in [1.165, 1.54) is 4.68 Å². The van der Waals surface area contributed by atoms with E-state index in [1.807, 2.05) is 12.1 Å². The van der Waals surface area contributed by atoms with E-state index in [4.69, 9.17) is 9.47 Å². The lowest BCUT2D eigenvalue weighted by molar-refractivity contribution is 0.141. The normalized spacial score (nSPS) is 19.3. The van der Waals surface area contributed by atoms with Crippen molar-refractivity contribution in [2.24, 2.45) is 7.05 Å². The van der Waals surface area contributed by atoms with Gasteiger partial charge >= 0.3 is 0 Å². The number of benzene rings is 1. The third kappa shape index (κ3) is 1.97. The summed E-state index contributed by atoms with van der Waals surface area (Å²) in [5.41, 5.74) is -0.0942. The Morgan fingerprint density at radius 3 is 3.17 bits per heavy atom. The average Bonchev–Trinajstić information content (AvgIpc) is 2.87. The van der Waals surface area contributed by atoms with Crippen LogP contribution in [0.3, 0.4) is 0 Å². The van der Waals surface area contributed by atoms with Crippen LogP contribution in [0.4, 0.5) is 0 Å². The minimum absolute atomic E-state index is 0.0942. The first-order valence-electron chi connectivity index (χ1n) is 5.94. The van der Waals surface area contributed by atoms with Gasteiger partial charge < -0.3 is 9.47 Å². The summed E-state index contributed by atoms with van der Waals surface area (Å²) in [4.78, 5) is 11.8. The number of hydrogen-bond acceptors (Lipinski definition) is 4. The van der Waals surface area contributed by atoms with Gasteiger partial charge in [0.15, 0.2) is 0 Å². The van der Waals surface area contributed by atoms with Crippen molar-refractivity contribution in [2.45, 2.75) is 12.5 Å². The molecule has 1 aliphatic heterocycles. The van der Waals surface area contributed by atoms with Crippen LogP contribution in [-0.2, 0) is 11.8 Å². The number of aromatic nitrogens is 2. The molecule has 0 N–H and O–H groups in total. The maximum atomic E-state index is 11.8. The second-order valence-corrected chi connectivity index (χ2v) is 4.43. The zero-order valence-electron chi connectivity index (χ0n) is 10.1. The molecule has 2 aromatic rings. The summed E-state index contributed by atoms with van der Waals surface area (Å²) >= 11 is 0. The molecule has 0 aliphatic carbocycles. The van der Waals surface area contributed by atoms with E-state index < -0.39 is 0 Å². The van der Waals surface area contributed by atoms with E-state index in [0.29, 0.717) is 12.0 Å². The highest BCUT2D eigenvalue weighted by atomic mass is 16.5. The van der Waals surface area contributed by atoms with Crippen molar-refractivity contribution in [1.82, 2.24) is 9.78 Å². The van der Waals surface area contributed by atoms with Crippen LogP contribution in [0.1, 0.15) is 6.42 Å². The lowest BCUT2D eigenvalue weighted by atomic mass is 10.2. The van der Waals surface area contributed by atoms with Crippen LogP contribution in [0, 0.1) is 0 Å². The van der Waals surface area contributed by atoms with Crippen molar-refractivity contribution in [3.8, 4) is 5.75 Å². The molecule has 1 atom stereocenters. The van der Waals surface area contributed by atoms with Gasteiger partial charge in [0, 0.05) is 18.9 Å². The molecular weight excluding hydrogens is 232 g/mol. The Morgan fingerprint density at radius 1 is 1.50 bits per heavy atom. The second-order valence-electron chi connectivity index (χ2n) is 4.43. The first-order valence-corrected chi connectivity index (χ1v) is 5.94. The van der Waals surface area contributed by atoms with Crippen molar-refractivity contribution in [1.29, 1.82) is 0 Å². The average molecular weight is 246 g/mol. The first-order chi connectivity index (χ1) is 8.74. The number of hydrogen-bond donors (Lipinski definition) is 0. The molecule has 0 unspecified atom stereocenters. The minimum atomic E-state index is -0.0942. The largest absolute Gasteiger partial charge is 0.488 e. The zero-order chi connectivity index (χ0) is 12.5. The van der Waals surface area contributed by atoms with Crippen molar-refractivity contribution >= 4 is 10.8 Å². The van der Waals surface area contributed by atoms with Crippen molar-refractivity contribution in [3.63, 3.8) is 0 Å². The van der Waals surface area contributed by atoms with Gasteiger partial charge in [-0.25, -0.2) is 4.68 Å². The van der Waals surface area contributed by atoms with Gasteiger partial charge in [-0.2, -0.15) is 5.10 Å². The van der Waals surface area contributed by atoms with Gasteiger partial charge in [-0.15, -0.1) is 0 Å². The zero-order valence-corrected chi connectivity index (χ0v) is 10.1. The topological polar surface area (TPSA) is 53.4 Å². The lowest BCUT2D eigenvalue weighted by Crippen LogP contribution is -2.19. The van der Waals surface area contributed by atoms with Crippen LogP contribution in [0.2, 0.25) is 0 Å². The molecule has 1 aromatic heterocycles. The molecule has 1 saturated heterocycles. The molecule has 1 fully saturated rings. The molecule has 0 saturated carbocycles. The Labute approximate surface area is 104 Å². The fourth-order valence-corrected chi connectivity index (χ4v) is 2.09. The summed E-state index contributed by atoms with van der Waals surface area (Å²) in [6.07, 6.45) is 2.70. The minimum Gasteiger partial charge on any atom is -0.488 e. The third-order valence-electron chi connectivity index (χ3n) is 3.11. The fourth-order valence-electron chi connectivity index (χ4n) is 2.09. The summed E-state index contributed by atoms with van der Waals surface area (Å²) in [5, 5.41) is 5.46. The Balaban J connectivity index is 1.96.